The summed E-state index contributed by atoms with van der Waals surface area (Å²) in [5.41, 5.74) is 2.07. The van der Waals surface area contributed by atoms with Gasteiger partial charge in [-0.3, -0.25) is 0 Å². The van der Waals surface area contributed by atoms with E-state index in [-0.39, 0.29) is 12.5 Å². The lowest BCUT2D eigenvalue weighted by Gasteiger charge is -2.07. The predicted octanol–water partition coefficient (Wildman–Crippen LogP) is 3.42. The highest BCUT2D eigenvalue weighted by Crippen LogP contribution is 2.22. The van der Waals surface area contributed by atoms with Crippen molar-refractivity contribution in [2.75, 3.05) is 14.2 Å². The predicted molar refractivity (Wildman–Crippen MR) is 93.1 cm³/mol. The molecule has 1 heterocycles. The highest BCUT2D eigenvalue weighted by Gasteiger charge is 2.14. The first-order chi connectivity index (χ1) is 12.6. The summed E-state index contributed by atoms with van der Waals surface area (Å²) < 4.78 is 20.8. The van der Waals surface area contributed by atoms with Gasteiger partial charge < -0.3 is 18.7 Å². The van der Waals surface area contributed by atoms with Crippen molar-refractivity contribution in [3.05, 3.63) is 59.5 Å². The number of hydrogen-bond donors (Lipinski definition) is 0. The molecule has 0 fully saturated rings. The van der Waals surface area contributed by atoms with Gasteiger partial charge in [-0.05, 0) is 36.8 Å². The Hall–Kier alpha value is -3.35. The van der Waals surface area contributed by atoms with Gasteiger partial charge in [0, 0.05) is 5.56 Å². The zero-order valence-corrected chi connectivity index (χ0v) is 14.7. The second-order valence-electron chi connectivity index (χ2n) is 5.50. The lowest BCUT2D eigenvalue weighted by molar-refractivity contribution is 0.0429. The molecule has 0 atom stereocenters. The summed E-state index contributed by atoms with van der Waals surface area (Å²) in [6.07, 6.45) is 0. The number of ether oxygens (including phenoxy) is 3. The molecule has 0 unspecified atom stereocenters. The average molecular weight is 354 g/mol. The van der Waals surface area contributed by atoms with Crippen molar-refractivity contribution >= 4 is 5.97 Å². The normalized spacial score (nSPS) is 10.4. The molecule has 134 valence electrons. The maximum Gasteiger partial charge on any atom is 0.338 e. The molecule has 7 nitrogen and oxygen atoms in total. The summed E-state index contributed by atoms with van der Waals surface area (Å²) in [5.74, 6) is 1.41. The third-order valence-electron chi connectivity index (χ3n) is 3.77. The van der Waals surface area contributed by atoms with Gasteiger partial charge in [-0.15, -0.1) is 0 Å². The molecule has 0 amide bonds. The van der Waals surface area contributed by atoms with E-state index < -0.39 is 5.97 Å². The Morgan fingerprint density at radius 3 is 2.73 bits per heavy atom. The fourth-order valence-corrected chi connectivity index (χ4v) is 2.35. The number of aryl methyl sites for hydroxylation is 1. The van der Waals surface area contributed by atoms with Crippen molar-refractivity contribution in [1.29, 1.82) is 0 Å². The molecule has 2 aromatic carbocycles. The summed E-state index contributed by atoms with van der Waals surface area (Å²) in [7, 11) is 3.14. The first-order valence-electron chi connectivity index (χ1n) is 7.89. The van der Waals surface area contributed by atoms with Crippen LogP contribution in [0.15, 0.2) is 47.0 Å². The number of carbonyl (C=O) groups is 1. The Balaban J connectivity index is 1.67. The van der Waals surface area contributed by atoms with Gasteiger partial charge in [-0.2, -0.15) is 4.98 Å². The van der Waals surface area contributed by atoms with Crippen molar-refractivity contribution in [2.24, 2.45) is 0 Å². The molecule has 1 aromatic heterocycles. The fraction of sp³-hybridized carbons (Fsp3) is 0.211. The van der Waals surface area contributed by atoms with Crippen LogP contribution in [-0.2, 0) is 11.3 Å². The van der Waals surface area contributed by atoms with Crippen LogP contribution in [-0.4, -0.2) is 30.3 Å². The third kappa shape index (κ3) is 3.83. The van der Waals surface area contributed by atoms with Gasteiger partial charge >= 0.3 is 5.97 Å². The van der Waals surface area contributed by atoms with E-state index >= 15 is 0 Å². The standard InChI is InChI=1S/C19H18N2O5/c1-12-7-8-14(10-16(12)24-3)19(22)25-11-17-20-18(21-26-17)13-5-4-6-15(9-13)23-2/h4-10H,11H2,1-3H3. The molecule has 0 aliphatic heterocycles. The molecule has 0 radical (unpaired) electrons. The molecule has 0 saturated carbocycles. The van der Waals surface area contributed by atoms with Gasteiger partial charge in [0.1, 0.15) is 11.5 Å². The van der Waals surface area contributed by atoms with Crippen LogP contribution in [0.25, 0.3) is 11.4 Å². The number of aromatic nitrogens is 2. The quantitative estimate of drug-likeness (QED) is 0.627. The highest BCUT2D eigenvalue weighted by atomic mass is 16.6. The molecular weight excluding hydrogens is 336 g/mol. The van der Waals surface area contributed by atoms with Gasteiger partial charge in [-0.25, -0.2) is 4.79 Å². The molecule has 3 rings (SSSR count). The van der Waals surface area contributed by atoms with E-state index in [1.54, 1.807) is 38.5 Å². The SMILES string of the molecule is COc1cccc(-c2noc(COC(=O)c3ccc(C)c(OC)c3)n2)c1. The number of esters is 1. The van der Waals surface area contributed by atoms with Crippen LogP contribution in [0, 0.1) is 6.92 Å². The smallest absolute Gasteiger partial charge is 0.338 e. The lowest BCUT2D eigenvalue weighted by Crippen LogP contribution is -2.06. The van der Waals surface area contributed by atoms with Crippen molar-refractivity contribution in [3.63, 3.8) is 0 Å². The van der Waals surface area contributed by atoms with Crippen LogP contribution in [0.2, 0.25) is 0 Å². The minimum Gasteiger partial charge on any atom is -0.497 e. The molecule has 7 heteroatoms. The Kier molecular flexibility index (Phi) is 5.17. The van der Waals surface area contributed by atoms with Crippen molar-refractivity contribution in [1.82, 2.24) is 10.1 Å². The molecule has 0 spiro atoms. The van der Waals surface area contributed by atoms with E-state index in [0.29, 0.717) is 22.9 Å². The summed E-state index contributed by atoms with van der Waals surface area (Å²) in [6, 6.07) is 12.4. The largest absolute Gasteiger partial charge is 0.497 e. The maximum absolute atomic E-state index is 12.2. The summed E-state index contributed by atoms with van der Waals surface area (Å²) in [5, 5.41) is 3.90. The molecule has 0 saturated heterocycles. The lowest BCUT2D eigenvalue weighted by atomic mass is 10.1. The summed E-state index contributed by atoms with van der Waals surface area (Å²) in [6.45, 7) is 1.78. The van der Waals surface area contributed by atoms with E-state index in [9.17, 15) is 4.79 Å². The van der Waals surface area contributed by atoms with Crippen LogP contribution in [0.5, 0.6) is 11.5 Å². The zero-order chi connectivity index (χ0) is 18.5. The number of hydrogen-bond acceptors (Lipinski definition) is 7. The van der Waals surface area contributed by atoms with E-state index in [0.717, 1.165) is 11.1 Å². The summed E-state index contributed by atoms with van der Waals surface area (Å²) in [4.78, 5) is 16.4. The number of nitrogens with zero attached hydrogens (tertiary/aromatic N) is 2. The second-order valence-corrected chi connectivity index (χ2v) is 5.50. The van der Waals surface area contributed by atoms with E-state index in [4.69, 9.17) is 18.7 Å². The van der Waals surface area contributed by atoms with Crippen LogP contribution >= 0.6 is 0 Å². The minimum atomic E-state index is -0.496. The van der Waals surface area contributed by atoms with Crippen LogP contribution < -0.4 is 9.47 Å². The molecule has 3 aromatic rings. The molecule has 0 bridgehead atoms. The van der Waals surface area contributed by atoms with Gasteiger partial charge in [0.25, 0.3) is 5.89 Å². The Labute approximate surface area is 150 Å². The van der Waals surface area contributed by atoms with Crippen LogP contribution in [0.3, 0.4) is 0 Å². The molecule has 0 N–H and O–H groups in total. The number of benzene rings is 2. The van der Waals surface area contributed by atoms with Gasteiger partial charge in [0.15, 0.2) is 6.61 Å². The molecule has 0 aliphatic rings. The topological polar surface area (TPSA) is 83.7 Å². The first kappa shape index (κ1) is 17.5. The van der Waals surface area contributed by atoms with Gasteiger partial charge in [-0.1, -0.05) is 23.4 Å². The fourth-order valence-electron chi connectivity index (χ4n) is 2.35. The molecular formula is C19H18N2O5. The molecule has 26 heavy (non-hydrogen) atoms. The minimum absolute atomic E-state index is 0.119. The average Bonchev–Trinajstić information content (AvgIpc) is 3.15. The zero-order valence-electron chi connectivity index (χ0n) is 14.7. The van der Waals surface area contributed by atoms with Gasteiger partial charge in [0.2, 0.25) is 5.82 Å². The van der Waals surface area contributed by atoms with E-state index in [2.05, 4.69) is 10.1 Å². The van der Waals surface area contributed by atoms with Crippen LogP contribution in [0.1, 0.15) is 21.8 Å². The Morgan fingerprint density at radius 1 is 1.12 bits per heavy atom. The van der Waals surface area contributed by atoms with Crippen molar-refractivity contribution in [3.8, 4) is 22.9 Å². The van der Waals surface area contributed by atoms with Crippen molar-refractivity contribution in [2.45, 2.75) is 13.5 Å². The third-order valence-corrected chi connectivity index (χ3v) is 3.77. The van der Waals surface area contributed by atoms with E-state index in [1.807, 2.05) is 25.1 Å². The van der Waals surface area contributed by atoms with Crippen molar-refractivity contribution < 1.29 is 23.5 Å². The van der Waals surface area contributed by atoms with Gasteiger partial charge in [0.05, 0.1) is 19.8 Å². The first-order valence-corrected chi connectivity index (χ1v) is 7.89. The Bertz CT molecular complexity index is 920. The monoisotopic (exact) mass is 354 g/mol. The number of carbonyl (C=O) groups excluding carboxylic acids is 1. The molecule has 0 aliphatic carbocycles. The summed E-state index contributed by atoms with van der Waals surface area (Å²) >= 11 is 0. The van der Waals surface area contributed by atoms with Crippen LogP contribution in [0.4, 0.5) is 0 Å². The highest BCUT2D eigenvalue weighted by molar-refractivity contribution is 5.90. The second kappa shape index (κ2) is 7.69. The number of rotatable bonds is 6. The number of methoxy groups -OCH3 is 2. The Morgan fingerprint density at radius 2 is 1.96 bits per heavy atom. The maximum atomic E-state index is 12.2. The van der Waals surface area contributed by atoms with E-state index in [1.165, 1.54) is 0 Å².